The minimum Gasteiger partial charge on any atom is -0.496 e. The smallest absolute Gasteiger partial charge is 0.122 e. The van der Waals surface area contributed by atoms with Gasteiger partial charge in [-0.15, -0.1) is 0 Å². The second-order valence-electron chi connectivity index (χ2n) is 5.09. The number of nitrogens with one attached hydrogen (secondary N) is 1. The van der Waals surface area contributed by atoms with Crippen LogP contribution < -0.4 is 4.74 Å². The summed E-state index contributed by atoms with van der Waals surface area (Å²) in [4.78, 5) is 5.64. The third kappa shape index (κ3) is 2.66. The lowest BCUT2D eigenvalue weighted by Gasteiger charge is -2.18. The molecule has 0 atom stereocenters. The zero-order valence-corrected chi connectivity index (χ0v) is 11.4. The normalized spacial score (nSPS) is 15.8. The van der Waals surface area contributed by atoms with Crippen molar-refractivity contribution in [2.75, 3.05) is 20.2 Å². The number of hydrogen-bond donors (Lipinski definition) is 1. The van der Waals surface area contributed by atoms with E-state index in [9.17, 15) is 0 Å². The third-order valence-electron chi connectivity index (χ3n) is 3.89. The Bertz CT molecular complexity index is 534. The van der Waals surface area contributed by atoms with Crippen molar-refractivity contribution in [1.29, 1.82) is 0 Å². The summed E-state index contributed by atoms with van der Waals surface area (Å²) in [5.74, 6) is 1.04. The van der Waals surface area contributed by atoms with Gasteiger partial charge in [-0.2, -0.15) is 0 Å². The molecule has 1 N–H and O–H groups in total. The summed E-state index contributed by atoms with van der Waals surface area (Å²) in [6.45, 7) is 3.24. The van der Waals surface area contributed by atoms with Crippen LogP contribution in [-0.4, -0.2) is 30.1 Å². The van der Waals surface area contributed by atoms with Gasteiger partial charge in [0.15, 0.2) is 0 Å². The van der Waals surface area contributed by atoms with E-state index in [1.54, 1.807) is 7.11 Å². The van der Waals surface area contributed by atoms with Crippen molar-refractivity contribution < 1.29 is 4.74 Å². The van der Waals surface area contributed by atoms with E-state index < -0.39 is 0 Å². The van der Waals surface area contributed by atoms with E-state index in [4.69, 9.17) is 4.74 Å². The maximum Gasteiger partial charge on any atom is 0.122 e. The number of hydrogen-bond acceptors (Lipinski definition) is 2. The number of rotatable bonds is 3. The SMILES string of the molecule is COc1cccc2c1CCN(Cc1cc[nH]c1)CC2. The van der Waals surface area contributed by atoms with Gasteiger partial charge in [0, 0.05) is 32.0 Å². The van der Waals surface area contributed by atoms with Gasteiger partial charge in [0.25, 0.3) is 0 Å². The van der Waals surface area contributed by atoms with E-state index in [2.05, 4.69) is 40.3 Å². The summed E-state index contributed by atoms with van der Waals surface area (Å²) in [5.41, 5.74) is 4.19. The van der Waals surface area contributed by atoms with Gasteiger partial charge in [-0.25, -0.2) is 0 Å². The predicted octanol–water partition coefficient (Wildman–Crippen LogP) is 2.62. The molecular formula is C16H20N2O. The first-order valence-corrected chi connectivity index (χ1v) is 6.85. The van der Waals surface area contributed by atoms with E-state index >= 15 is 0 Å². The molecule has 0 aliphatic carbocycles. The van der Waals surface area contributed by atoms with Crippen LogP contribution in [0.2, 0.25) is 0 Å². The highest BCUT2D eigenvalue weighted by atomic mass is 16.5. The fourth-order valence-corrected chi connectivity index (χ4v) is 2.85. The summed E-state index contributed by atoms with van der Waals surface area (Å²) in [7, 11) is 1.76. The molecular weight excluding hydrogens is 236 g/mol. The molecule has 2 heterocycles. The van der Waals surface area contributed by atoms with E-state index in [0.29, 0.717) is 0 Å². The number of ether oxygens (including phenoxy) is 1. The first kappa shape index (κ1) is 12.3. The van der Waals surface area contributed by atoms with E-state index in [1.165, 1.54) is 16.7 Å². The first-order valence-electron chi connectivity index (χ1n) is 6.85. The Balaban J connectivity index is 1.74. The topological polar surface area (TPSA) is 28.3 Å². The molecule has 3 nitrogen and oxygen atoms in total. The molecule has 3 rings (SSSR count). The number of benzene rings is 1. The fourth-order valence-electron chi connectivity index (χ4n) is 2.85. The van der Waals surface area contributed by atoms with E-state index in [1.807, 2.05) is 6.20 Å². The summed E-state index contributed by atoms with van der Waals surface area (Å²) < 4.78 is 5.49. The Kier molecular flexibility index (Phi) is 3.56. The zero-order chi connectivity index (χ0) is 13.1. The van der Waals surface area contributed by atoms with Crippen molar-refractivity contribution in [3.63, 3.8) is 0 Å². The predicted molar refractivity (Wildman–Crippen MR) is 76.5 cm³/mol. The standard InChI is InChI=1S/C16H20N2O/c1-19-16-4-2-3-14-6-9-18(10-7-15(14)16)12-13-5-8-17-11-13/h2-5,8,11,17H,6-7,9-10,12H2,1H3. The fraction of sp³-hybridized carbons (Fsp3) is 0.375. The molecule has 2 aromatic rings. The zero-order valence-electron chi connectivity index (χ0n) is 11.4. The Morgan fingerprint density at radius 3 is 2.89 bits per heavy atom. The lowest BCUT2D eigenvalue weighted by molar-refractivity contribution is 0.279. The lowest BCUT2D eigenvalue weighted by Crippen LogP contribution is -2.25. The Labute approximate surface area is 114 Å². The van der Waals surface area contributed by atoms with Crippen LogP contribution in [0.1, 0.15) is 16.7 Å². The van der Waals surface area contributed by atoms with Crippen molar-refractivity contribution in [3.05, 3.63) is 53.3 Å². The monoisotopic (exact) mass is 256 g/mol. The Morgan fingerprint density at radius 1 is 1.21 bits per heavy atom. The highest BCUT2D eigenvalue weighted by Crippen LogP contribution is 2.26. The second kappa shape index (κ2) is 5.49. The van der Waals surface area contributed by atoms with Crippen molar-refractivity contribution in [1.82, 2.24) is 9.88 Å². The molecule has 0 fully saturated rings. The summed E-state index contributed by atoms with van der Waals surface area (Å²) in [6.07, 6.45) is 6.25. The summed E-state index contributed by atoms with van der Waals surface area (Å²) in [5, 5.41) is 0. The molecule has 1 aliphatic rings. The van der Waals surface area contributed by atoms with Crippen molar-refractivity contribution in [2.45, 2.75) is 19.4 Å². The van der Waals surface area contributed by atoms with Crippen LogP contribution >= 0.6 is 0 Å². The molecule has 0 radical (unpaired) electrons. The van der Waals surface area contributed by atoms with Crippen LogP contribution in [0, 0.1) is 0 Å². The highest BCUT2D eigenvalue weighted by molar-refractivity contribution is 5.41. The number of nitrogens with zero attached hydrogens (tertiary/aromatic N) is 1. The molecule has 0 saturated carbocycles. The van der Waals surface area contributed by atoms with Gasteiger partial charge in [0.1, 0.15) is 5.75 Å². The molecule has 3 heteroatoms. The average molecular weight is 256 g/mol. The van der Waals surface area contributed by atoms with Gasteiger partial charge in [-0.1, -0.05) is 12.1 Å². The largest absolute Gasteiger partial charge is 0.496 e. The Morgan fingerprint density at radius 2 is 2.11 bits per heavy atom. The average Bonchev–Trinajstić information content (AvgIpc) is 2.86. The van der Waals surface area contributed by atoms with E-state index in [0.717, 1.165) is 38.2 Å². The van der Waals surface area contributed by atoms with Crippen LogP contribution in [0.25, 0.3) is 0 Å². The van der Waals surface area contributed by atoms with Gasteiger partial charge in [0.05, 0.1) is 7.11 Å². The quantitative estimate of drug-likeness (QED) is 0.914. The Hall–Kier alpha value is -1.74. The van der Waals surface area contributed by atoms with Gasteiger partial charge >= 0.3 is 0 Å². The first-order chi connectivity index (χ1) is 9.36. The number of fused-ring (bicyclic) bond motifs is 1. The molecule has 100 valence electrons. The summed E-state index contributed by atoms with van der Waals surface area (Å²) >= 11 is 0. The molecule has 1 aromatic carbocycles. The summed E-state index contributed by atoms with van der Waals surface area (Å²) in [6, 6.07) is 8.55. The maximum absolute atomic E-state index is 5.49. The van der Waals surface area contributed by atoms with Crippen LogP contribution in [0.3, 0.4) is 0 Å². The van der Waals surface area contributed by atoms with Crippen molar-refractivity contribution >= 4 is 0 Å². The third-order valence-corrected chi connectivity index (χ3v) is 3.89. The van der Waals surface area contributed by atoms with Gasteiger partial charge in [-0.3, -0.25) is 4.90 Å². The van der Waals surface area contributed by atoms with Gasteiger partial charge in [-0.05, 0) is 41.7 Å². The maximum atomic E-state index is 5.49. The molecule has 1 aliphatic heterocycles. The van der Waals surface area contributed by atoms with Crippen LogP contribution in [0.5, 0.6) is 5.75 Å². The molecule has 0 amide bonds. The molecule has 1 aromatic heterocycles. The highest BCUT2D eigenvalue weighted by Gasteiger charge is 2.16. The van der Waals surface area contributed by atoms with Crippen LogP contribution in [-0.2, 0) is 19.4 Å². The number of H-pyrrole nitrogens is 1. The number of aromatic amines is 1. The van der Waals surface area contributed by atoms with Gasteiger partial charge < -0.3 is 9.72 Å². The molecule has 0 unspecified atom stereocenters. The molecule has 0 saturated heterocycles. The second-order valence-corrected chi connectivity index (χ2v) is 5.09. The van der Waals surface area contributed by atoms with Crippen LogP contribution in [0.15, 0.2) is 36.7 Å². The van der Waals surface area contributed by atoms with E-state index in [-0.39, 0.29) is 0 Å². The van der Waals surface area contributed by atoms with Crippen molar-refractivity contribution in [2.24, 2.45) is 0 Å². The number of aromatic nitrogens is 1. The molecule has 0 spiro atoms. The number of methoxy groups -OCH3 is 1. The molecule has 0 bridgehead atoms. The van der Waals surface area contributed by atoms with Gasteiger partial charge in [0.2, 0.25) is 0 Å². The minimum absolute atomic E-state index is 1.03. The van der Waals surface area contributed by atoms with Crippen LogP contribution in [0.4, 0.5) is 0 Å². The molecule has 19 heavy (non-hydrogen) atoms. The minimum atomic E-state index is 1.03. The van der Waals surface area contributed by atoms with Crippen molar-refractivity contribution in [3.8, 4) is 5.75 Å². The lowest BCUT2D eigenvalue weighted by atomic mass is 10.0.